The first-order valence-electron chi connectivity index (χ1n) is 8.78. The number of nitrogens with one attached hydrogen (secondary N) is 3. The average molecular weight is 387 g/mol. The second-order valence-corrected chi connectivity index (χ2v) is 7.15. The average Bonchev–Trinajstić information content (AvgIpc) is 3.05. The zero-order valence-corrected chi connectivity index (χ0v) is 15.9. The topological polar surface area (TPSA) is 96.5 Å². The highest BCUT2D eigenvalue weighted by Gasteiger charge is 2.28. The van der Waals surface area contributed by atoms with Crippen molar-refractivity contribution in [1.29, 1.82) is 0 Å². The van der Waals surface area contributed by atoms with Crippen LogP contribution in [0.3, 0.4) is 0 Å². The summed E-state index contributed by atoms with van der Waals surface area (Å²) >= 11 is 1.34. The number of ether oxygens (including phenoxy) is 1. The lowest BCUT2D eigenvalue weighted by molar-refractivity contribution is -0.122. The number of carbonyl (C=O) groups is 3. The Balaban J connectivity index is 1.70. The molecule has 3 N–H and O–H groups in total. The van der Waals surface area contributed by atoms with E-state index in [1.807, 2.05) is 25.1 Å². The van der Waals surface area contributed by atoms with Crippen LogP contribution < -0.4 is 16.0 Å². The van der Waals surface area contributed by atoms with Crippen LogP contribution in [-0.4, -0.2) is 30.4 Å². The van der Waals surface area contributed by atoms with Crippen LogP contribution in [0.25, 0.3) is 0 Å². The number of benzene rings is 1. The first-order chi connectivity index (χ1) is 13.0. The number of para-hydroxylation sites is 2. The molecule has 0 saturated heterocycles. The van der Waals surface area contributed by atoms with Crippen molar-refractivity contribution < 1.29 is 19.1 Å². The Kier molecular flexibility index (Phi) is 5.75. The van der Waals surface area contributed by atoms with Crippen LogP contribution in [0, 0.1) is 0 Å². The van der Waals surface area contributed by atoms with E-state index in [2.05, 4.69) is 16.0 Å². The molecule has 1 atom stereocenters. The summed E-state index contributed by atoms with van der Waals surface area (Å²) in [6.07, 6.45) is 0.693. The minimum Gasteiger partial charge on any atom is -0.462 e. The van der Waals surface area contributed by atoms with E-state index >= 15 is 0 Å². The van der Waals surface area contributed by atoms with Crippen molar-refractivity contribution in [1.82, 2.24) is 0 Å². The zero-order chi connectivity index (χ0) is 19.4. The van der Waals surface area contributed by atoms with Gasteiger partial charge >= 0.3 is 5.97 Å². The second kappa shape index (κ2) is 8.22. The Hall–Kier alpha value is -2.87. The van der Waals surface area contributed by atoms with Gasteiger partial charge in [-0.3, -0.25) is 9.59 Å². The largest absolute Gasteiger partial charge is 0.462 e. The molecule has 1 aliphatic heterocycles. The molecule has 142 valence electrons. The van der Waals surface area contributed by atoms with Crippen molar-refractivity contribution in [3.8, 4) is 0 Å². The lowest BCUT2D eigenvalue weighted by Gasteiger charge is -2.26. The second-order valence-electron chi connectivity index (χ2n) is 6.01. The molecular weight excluding hydrogens is 366 g/mol. The lowest BCUT2D eigenvalue weighted by Crippen LogP contribution is -2.41. The summed E-state index contributed by atoms with van der Waals surface area (Å²) in [6, 6.07) is 8.36. The predicted molar refractivity (Wildman–Crippen MR) is 105 cm³/mol. The van der Waals surface area contributed by atoms with E-state index in [0.717, 1.165) is 17.0 Å². The Morgan fingerprint density at radius 2 is 1.96 bits per heavy atom. The minimum atomic E-state index is -0.684. The highest BCUT2D eigenvalue weighted by molar-refractivity contribution is 7.16. The van der Waals surface area contributed by atoms with Gasteiger partial charge in [-0.25, -0.2) is 4.79 Å². The smallest absolute Gasteiger partial charge is 0.341 e. The maximum absolute atomic E-state index is 12.5. The normalized spacial score (nSPS) is 15.3. The van der Waals surface area contributed by atoms with Gasteiger partial charge in [0.2, 0.25) is 11.8 Å². The zero-order valence-electron chi connectivity index (χ0n) is 15.1. The third kappa shape index (κ3) is 4.28. The number of hydrogen-bond donors (Lipinski definition) is 3. The van der Waals surface area contributed by atoms with Crippen LogP contribution in [-0.2, 0) is 20.7 Å². The molecule has 0 spiro atoms. The Bertz CT molecular complexity index is 878. The molecule has 1 aliphatic rings. The van der Waals surface area contributed by atoms with Crippen LogP contribution in [0.15, 0.2) is 30.3 Å². The van der Waals surface area contributed by atoms with Gasteiger partial charge in [-0.2, -0.15) is 0 Å². The summed E-state index contributed by atoms with van der Waals surface area (Å²) in [7, 11) is 0. The quantitative estimate of drug-likeness (QED) is 0.661. The Labute approximate surface area is 161 Å². The summed E-state index contributed by atoms with van der Waals surface area (Å²) in [4.78, 5) is 37.8. The molecule has 2 heterocycles. The molecule has 0 unspecified atom stereocenters. The van der Waals surface area contributed by atoms with Gasteiger partial charge in [0.25, 0.3) is 0 Å². The molecule has 0 saturated carbocycles. The molecule has 0 aliphatic carbocycles. The van der Waals surface area contributed by atoms with E-state index in [-0.39, 0.29) is 24.8 Å². The minimum absolute atomic E-state index is 0.0538. The molecule has 2 amide bonds. The molecule has 0 bridgehead atoms. The SMILES string of the molecule is CCOC(=O)c1cc(CC)sc1NC(=O)C[C@@H]1Nc2ccccc2NC1=O. The van der Waals surface area contributed by atoms with Crippen LogP contribution in [0.2, 0.25) is 0 Å². The maximum Gasteiger partial charge on any atom is 0.341 e. The predicted octanol–water partition coefficient (Wildman–Crippen LogP) is 3.25. The van der Waals surface area contributed by atoms with Crippen molar-refractivity contribution in [2.75, 3.05) is 22.6 Å². The van der Waals surface area contributed by atoms with E-state index in [1.165, 1.54) is 11.3 Å². The number of thiophene rings is 1. The number of hydrogen-bond acceptors (Lipinski definition) is 6. The summed E-state index contributed by atoms with van der Waals surface area (Å²) in [5.74, 6) is -1.09. The fourth-order valence-corrected chi connectivity index (χ4v) is 3.77. The molecule has 27 heavy (non-hydrogen) atoms. The van der Waals surface area contributed by atoms with Crippen molar-refractivity contribution in [3.63, 3.8) is 0 Å². The number of anilines is 3. The molecule has 8 heteroatoms. The van der Waals surface area contributed by atoms with E-state index < -0.39 is 12.0 Å². The third-order valence-electron chi connectivity index (χ3n) is 4.10. The first-order valence-corrected chi connectivity index (χ1v) is 9.59. The van der Waals surface area contributed by atoms with Crippen molar-refractivity contribution >= 4 is 45.5 Å². The molecule has 0 radical (unpaired) electrons. The monoisotopic (exact) mass is 387 g/mol. The molecule has 2 aromatic rings. The van der Waals surface area contributed by atoms with Gasteiger partial charge in [0, 0.05) is 4.88 Å². The molecule has 1 aromatic heterocycles. The van der Waals surface area contributed by atoms with E-state index in [9.17, 15) is 14.4 Å². The number of rotatable bonds is 6. The van der Waals surface area contributed by atoms with Crippen LogP contribution >= 0.6 is 11.3 Å². The number of esters is 1. The fraction of sp³-hybridized carbons (Fsp3) is 0.316. The van der Waals surface area contributed by atoms with Crippen molar-refractivity contribution in [3.05, 3.63) is 40.8 Å². The number of amides is 2. The van der Waals surface area contributed by atoms with Crippen molar-refractivity contribution in [2.24, 2.45) is 0 Å². The number of aryl methyl sites for hydroxylation is 1. The summed E-state index contributed by atoms with van der Waals surface area (Å²) in [5, 5.41) is 9.07. The summed E-state index contributed by atoms with van der Waals surface area (Å²) in [5.41, 5.74) is 1.81. The summed E-state index contributed by atoms with van der Waals surface area (Å²) < 4.78 is 5.05. The Morgan fingerprint density at radius 1 is 1.22 bits per heavy atom. The molecule has 7 nitrogen and oxygen atoms in total. The fourth-order valence-electron chi connectivity index (χ4n) is 2.77. The number of fused-ring (bicyclic) bond motifs is 1. The van der Waals surface area contributed by atoms with E-state index in [0.29, 0.717) is 16.3 Å². The third-order valence-corrected chi connectivity index (χ3v) is 5.30. The van der Waals surface area contributed by atoms with Crippen LogP contribution in [0.4, 0.5) is 16.4 Å². The van der Waals surface area contributed by atoms with Gasteiger partial charge in [-0.1, -0.05) is 19.1 Å². The van der Waals surface area contributed by atoms with Gasteiger partial charge in [0.05, 0.1) is 30.0 Å². The molecular formula is C19H21N3O4S. The van der Waals surface area contributed by atoms with E-state index in [4.69, 9.17) is 4.74 Å². The van der Waals surface area contributed by atoms with Gasteiger partial charge < -0.3 is 20.7 Å². The standard InChI is InChI=1S/C19H21N3O4S/c1-3-11-9-12(19(25)26-4-2)18(27-11)22-16(23)10-15-17(24)21-14-8-6-5-7-13(14)20-15/h5-9,15,20H,3-4,10H2,1-2H3,(H,21,24)(H,22,23)/t15-/m0/s1. The molecule has 3 rings (SSSR count). The Morgan fingerprint density at radius 3 is 2.67 bits per heavy atom. The highest BCUT2D eigenvalue weighted by atomic mass is 32.1. The van der Waals surface area contributed by atoms with Gasteiger partial charge in [0.15, 0.2) is 0 Å². The maximum atomic E-state index is 12.5. The van der Waals surface area contributed by atoms with E-state index in [1.54, 1.807) is 19.1 Å². The van der Waals surface area contributed by atoms with Gasteiger partial charge in [0.1, 0.15) is 11.0 Å². The lowest BCUT2D eigenvalue weighted by atomic mass is 10.1. The highest BCUT2D eigenvalue weighted by Crippen LogP contribution is 2.30. The van der Waals surface area contributed by atoms with Crippen LogP contribution in [0.5, 0.6) is 0 Å². The molecule has 1 aromatic carbocycles. The van der Waals surface area contributed by atoms with Crippen molar-refractivity contribution in [2.45, 2.75) is 32.7 Å². The van der Waals surface area contributed by atoms with Gasteiger partial charge in [-0.15, -0.1) is 11.3 Å². The van der Waals surface area contributed by atoms with Gasteiger partial charge in [-0.05, 0) is 31.5 Å². The molecule has 0 fully saturated rings. The van der Waals surface area contributed by atoms with Crippen LogP contribution in [0.1, 0.15) is 35.5 Å². The first kappa shape index (κ1) is 18.9. The number of carbonyl (C=O) groups excluding carboxylic acids is 3. The summed E-state index contributed by atoms with van der Waals surface area (Å²) in [6.45, 7) is 3.96.